The number of ether oxygens (including phenoxy) is 2. The molecule has 22 heavy (non-hydrogen) atoms. The van der Waals surface area contributed by atoms with Gasteiger partial charge in [-0.2, -0.15) is 5.26 Å². The standard InChI is InChI=1S/C16H17BrN2O3/c1-21-15-5-4-13(17)8-11(15)7-12(9-18)16(20)19-10-14-3-2-6-22-14/h4-5,7-8,14H,2-3,6,10H2,1H3,(H,19,20). The van der Waals surface area contributed by atoms with Crippen LogP contribution in [0.15, 0.2) is 28.2 Å². The van der Waals surface area contributed by atoms with Gasteiger partial charge in [0.15, 0.2) is 0 Å². The number of hydrogen-bond donors (Lipinski definition) is 1. The van der Waals surface area contributed by atoms with Gasteiger partial charge in [0.05, 0.1) is 13.2 Å². The number of halogens is 1. The summed E-state index contributed by atoms with van der Waals surface area (Å²) in [6.07, 6.45) is 3.51. The van der Waals surface area contributed by atoms with Crippen molar-refractivity contribution < 1.29 is 14.3 Å². The molecule has 1 aromatic carbocycles. The molecule has 0 radical (unpaired) electrons. The highest BCUT2D eigenvalue weighted by Crippen LogP contribution is 2.25. The van der Waals surface area contributed by atoms with Crippen molar-refractivity contribution in [2.45, 2.75) is 18.9 Å². The first-order valence-corrected chi connectivity index (χ1v) is 7.78. The van der Waals surface area contributed by atoms with Gasteiger partial charge >= 0.3 is 0 Å². The van der Waals surface area contributed by atoms with Crippen molar-refractivity contribution >= 4 is 27.9 Å². The fourth-order valence-corrected chi connectivity index (χ4v) is 2.61. The van der Waals surface area contributed by atoms with Crippen LogP contribution in [0, 0.1) is 11.3 Å². The van der Waals surface area contributed by atoms with Crippen LogP contribution in [0.25, 0.3) is 6.08 Å². The molecule has 1 amide bonds. The Kier molecular flexibility index (Phi) is 5.99. The highest BCUT2D eigenvalue weighted by atomic mass is 79.9. The number of hydrogen-bond acceptors (Lipinski definition) is 4. The summed E-state index contributed by atoms with van der Waals surface area (Å²) in [7, 11) is 1.55. The molecule has 1 heterocycles. The molecule has 0 aliphatic carbocycles. The number of nitrogens with one attached hydrogen (secondary N) is 1. The molecule has 6 heteroatoms. The monoisotopic (exact) mass is 364 g/mol. The van der Waals surface area contributed by atoms with Crippen molar-refractivity contribution in [1.82, 2.24) is 5.32 Å². The van der Waals surface area contributed by atoms with Gasteiger partial charge in [-0.05, 0) is 37.1 Å². The van der Waals surface area contributed by atoms with E-state index in [9.17, 15) is 10.1 Å². The minimum Gasteiger partial charge on any atom is -0.496 e. The number of nitriles is 1. The van der Waals surface area contributed by atoms with E-state index in [4.69, 9.17) is 9.47 Å². The molecule has 1 aromatic rings. The first-order chi connectivity index (χ1) is 10.6. The molecule has 1 fully saturated rings. The molecule has 1 saturated heterocycles. The minimum absolute atomic E-state index is 0.0365. The van der Waals surface area contributed by atoms with Crippen molar-refractivity contribution in [2.24, 2.45) is 0 Å². The Hall–Kier alpha value is -1.84. The molecule has 0 saturated carbocycles. The molecule has 5 nitrogen and oxygen atoms in total. The summed E-state index contributed by atoms with van der Waals surface area (Å²) < 4.78 is 11.5. The minimum atomic E-state index is -0.403. The van der Waals surface area contributed by atoms with Crippen LogP contribution < -0.4 is 10.1 Å². The average molecular weight is 365 g/mol. The third-order valence-corrected chi connectivity index (χ3v) is 3.86. The van der Waals surface area contributed by atoms with Gasteiger partial charge in [0, 0.05) is 23.2 Å². The van der Waals surface area contributed by atoms with Crippen LogP contribution in [0.4, 0.5) is 0 Å². The van der Waals surface area contributed by atoms with Gasteiger partial charge in [-0.3, -0.25) is 4.79 Å². The molecule has 0 bridgehead atoms. The van der Waals surface area contributed by atoms with E-state index in [0.29, 0.717) is 17.9 Å². The number of amides is 1. The lowest BCUT2D eigenvalue weighted by Crippen LogP contribution is -2.32. The van der Waals surface area contributed by atoms with Crippen LogP contribution in [0.2, 0.25) is 0 Å². The Bertz CT molecular complexity index is 616. The van der Waals surface area contributed by atoms with Crippen molar-refractivity contribution in [2.75, 3.05) is 20.3 Å². The smallest absolute Gasteiger partial charge is 0.262 e. The topological polar surface area (TPSA) is 71.3 Å². The molecule has 1 atom stereocenters. The number of benzene rings is 1. The molecule has 1 unspecified atom stereocenters. The van der Waals surface area contributed by atoms with E-state index in [-0.39, 0.29) is 11.7 Å². The maximum atomic E-state index is 12.1. The average Bonchev–Trinajstić information content (AvgIpc) is 3.04. The second-order valence-electron chi connectivity index (χ2n) is 4.90. The summed E-state index contributed by atoms with van der Waals surface area (Å²) in [5.41, 5.74) is 0.704. The van der Waals surface area contributed by atoms with Gasteiger partial charge in [0.1, 0.15) is 17.4 Å². The van der Waals surface area contributed by atoms with Crippen molar-refractivity contribution in [3.05, 3.63) is 33.8 Å². The Morgan fingerprint density at radius 3 is 3.09 bits per heavy atom. The molecule has 0 spiro atoms. The second-order valence-corrected chi connectivity index (χ2v) is 5.82. The van der Waals surface area contributed by atoms with Crippen LogP contribution in [-0.4, -0.2) is 32.3 Å². The first-order valence-electron chi connectivity index (χ1n) is 6.99. The zero-order chi connectivity index (χ0) is 15.9. The number of rotatable bonds is 5. The van der Waals surface area contributed by atoms with Crippen LogP contribution >= 0.6 is 15.9 Å². The lowest BCUT2D eigenvalue weighted by molar-refractivity contribution is -0.117. The Morgan fingerprint density at radius 2 is 2.45 bits per heavy atom. The summed E-state index contributed by atoms with van der Waals surface area (Å²) in [5, 5.41) is 12.0. The van der Waals surface area contributed by atoms with E-state index in [1.807, 2.05) is 12.1 Å². The van der Waals surface area contributed by atoms with Crippen LogP contribution in [0.5, 0.6) is 5.75 Å². The van der Waals surface area contributed by atoms with Gasteiger partial charge in [-0.25, -0.2) is 0 Å². The molecular weight excluding hydrogens is 348 g/mol. The van der Waals surface area contributed by atoms with E-state index in [1.165, 1.54) is 6.08 Å². The molecule has 1 aliphatic heterocycles. The Balaban J connectivity index is 2.11. The predicted molar refractivity (Wildman–Crippen MR) is 86.3 cm³/mol. The molecule has 116 valence electrons. The van der Waals surface area contributed by atoms with Gasteiger partial charge in [-0.1, -0.05) is 15.9 Å². The third-order valence-electron chi connectivity index (χ3n) is 3.37. The van der Waals surface area contributed by atoms with Crippen LogP contribution in [-0.2, 0) is 9.53 Å². The quantitative estimate of drug-likeness (QED) is 0.643. The van der Waals surface area contributed by atoms with Crippen molar-refractivity contribution in [3.63, 3.8) is 0 Å². The summed E-state index contributed by atoms with van der Waals surface area (Å²) in [6, 6.07) is 7.34. The van der Waals surface area contributed by atoms with Crippen molar-refractivity contribution in [3.8, 4) is 11.8 Å². The van der Waals surface area contributed by atoms with E-state index in [1.54, 1.807) is 19.2 Å². The summed E-state index contributed by atoms with van der Waals surface area (Å²) in [5.74, 6) is 0.197. The molecule has 0 aromatic heterocycles. The third kappa shape index (κ3) is 4.33. The van der Waals surface area contributed by atoms with Gasteiger partial charge in [0.2, 0.25) is 0 Å². The number of carbonyl (C=O) groups is 1. The summed E-state index contributed by atoms with van der Waals surface area (Å²) in [4.78, 5) is 12.1. The molecule has 1 aliphatic rings. The zero-order valence-corrected chi connectivity index (χ0v) is 13.9. The van der Waals surface area contributed by atoms with Crippen molar-refractivity contribution in [1.29, 1.82) is 5.26 Å². The van der Waals surface area contributed by atoms with Crippen LogP contribution in [0.3, 0.4) is 0 Å². The van der Waals surface area contributed by atoms with Gasteiger partial charge in [-0.15, -0.1) is 0 Å². The second kappa shape index (κ2) is 7.97. The largest absolute Gasteiger partial charge is 0.496 e. The SMILES string of the molecule is COc1ccc(Br)cc1C=C(C#N)C(=O)NCC1CCCO1. The Morgan fingerprint density at radius 1 is 1.64 bits per heavy atom. The Labute approximate surface area is 138 Å². The maximum Gasteiger partial charge on any atom is 0.262 e. The molecular formula is C16H17BrN2O3. The fraction of sp³-hybridized carbons (Fsp3) is 0.375. The lowest BCUT2D eigenvalue weighted by atomic mass is 10.1. The van der Waals surface area contributed by atoms with E-state index in [2.05, 4.69) is 21.2 Å². The van der Waals surface area contributed by atoms with E-state index >= 15 is 0 Å². The highest BCUT2D eigenvalue weighted by Gasteiger charge is 2.18. The number of nitrogens with zero attached hydrogens (tertiary/aromatic N) is 1. The van der Waals surface area contributed by atoms with E-state index < -0.39 is 5.91 Å². The zero-order valence-electron chi connectivity index (χ0n) is 12.3. The maximum absolute atomic E-state index is 12.1. The normalized spacial score (nSPS) is 17.9. The number of methoxy groups -OCH3 is 1. The molecule has 2 rings (SSSR count). The van der Waals surface area contributed by atoms with Gasteiger partial charge in [0.25, 0.3) is 5.91 Å². The lowest BCUT2D eigenvalue weighted by Gasteiger charge is -2.10. The number of carbonyl (C=O) groups excluding carboxylic acids is 1. The van der Waals surface area contributed by atoms with Gasteiger partial charge < -0.3 is 14.8 Å². The highest BCUT2D eigenvalue weighted by molar-refractivity contribution is 9.10. The first kappa shape index (κ1) is 16.5. The predicted octanol–water partition coefficient (Wildman–Crippen LogP) is 2.66. The summed E-state index contributed by atoms with van der Waals surface area (Å²) >= 11 is 3.37. The fourth-order valence-electron chi connectivity index (χ4n) is 2.23. The summed E-state index contributed by atoms with van der Waals surface area (Å²) in [6.45, 7) is 1.16. The van der Waals surface area contributed by atoms with Crippen LogP contribution in [0.1, 0.15) is 18.4 Å². The van der Waals surface area contributed by atoms with E-state index in [0.717, 1.165) is 23.9 Å². The molecule has 1 N–H and O–H groups in total.